The highest BCUT2D eigenvalue weighted by Gasteiger charge is 2.29. The van der Waals surface area contributed by atoms with Gasteiger partial charge in [0.15, 0.2) is 9.84 Å². The molecule has 0 fully saturated rings. The fourth-order valence-corrected chi connectivity index (χ4v) is 2.99. The second-order valence-corrected chi connectivity index (χ2v) is 7.81. The first-order valence-corrected chi connectivity index (χ1v) is 8.26. The van der Waals surface area contributed by atoms with Gasteiger partial charge in [0.2, 0.25) is 0 Å². The Morgan fingerprint density at radius 1 is 1.26 bits per heavy atom. The predicted molar refractivity (Wildman–Crippen MR) is 79.2 cm³/mol. The van der Waals surface area contributed by atoms with Gasteiger partial charge in [-0.25, -0.2) is 22.4 Å². The largest absolute Gasteiger partial charge is 0.480 e. The van der Waals surface area contributed by atoms with Crippen LogP contribution in [0.5, 0.6) is 0 Å². The van der Waals surface area contributed by atoms with Crippen molar-refractivity contribution >= 4 is 21.9 Å². The average Bonchev–Trinajstić information content (AvgIpc) is 2.35. The van der Waals surface area contributed by atoms with Crippen LogP contribution in [-0.4, -0.2) is 43.0 Å². The van der Waals surface area contributed by atoms with Crippen LogP contribution in [0.4, 0.5) is 9.18 Å². The lowest BCUT2D eigenvalue weighted by Crippen LogP contribution is -2.47. The first-order valence-electron chi connectivity index (χ1n) is 6.61. The highest BCUT2D eigenvalue weighted by molar-refractivity contribution is 7.91. The Morgan fingerprint density at radius 2 is 1.78 bits per heavy atom. The molecule has 1 amide bonds. The molecule has 0 aromatic heterocycles. The minimum absolute atomic E-state index is 0.240. The highest BCUT2D eigenvalue weighted by Crippen LogP contribution is 2.14. The first kappa shape index (κ1) is 18.9. The summed E-state index contributed by atoms with van der Waals surface area (Å²) in [7, 11) is -4.03. The Kier molecular flexibility index (Phi) is 5.70. The molecular formula is C14H18FNO6S. The Bertz CT molecular complexity index is 678. The molecule has 7 nitrogen and oxygen atoms in total. The van der Waals surface area contributed by atoms with E-state index in [-0.39, 0.29) is 4.90 Å². The summed E-state index contributed by atoms with van der Waals surface area (Å²) in [5.41, 5.74) is -0.858. The number of carboxylic acids is 1. The molecule has 9 heteroatoms. The number of ether oxygens (including phenoxy) is 1. The fourth-order valence-electron chi connectivity index (χ4n) is 1.58. The van der Waals surface area contributed by atoms with Crippen LogP contribution < -0.4 is 5.32 Å². The van der Waals surface area contributed by atoms with Crippen LogP contribution in [0.15, 0.2) is 29.2 Å². The molecule has 1 atom stereocenters. The molecule has 128 valence electrons. The minimum atomic E-state index is -4.03. The van der Waals surface area contributed by atoms with E-state index in [0.29, 0.717) is 0 Å². The summed E-state index contributed by atoms with van der Waals surface area (Å²) >= 11 is 0. The zero-order chi connectivity index (χ0) is 17.8. The van der Waals surface area contributed by atoms with E-state index in [0.717, 1.165) is 24.3 Å². The lowest BCUT2D eigenvalue weighted by Gasteiger charge is -2.22. The molecule has 23 heavy (non-hydrogen) atoms. The molecular weight excluding hydrogens is 329 g/mol. The Labute approximate surface area is 133 Å². The lowest BCUT2D eigenvalue weighted by atomic mass is 10.2. The van der Waals surface area contributed by atoms with Gasteiger partial charge in [-0.05, 0) is 45.0 Å². The molecule has 0 aliphatic rings. The second-order valence-electron chi connectivity index (χ2n) is 5.77. The number of nitrogens with one attached hydrogen (secondary N) is 1. The van der Waals surface area contributed by atoms with E-state index >= 15 is 0 Å². The third-order valence-electron chi connectivity index (χ3n) is 2.55. The van der Waals surface area contributed by atoms with Crippen molar-refractivity contribution in [1.29, 1.82) is 0 Å². The van der Waals surface area contributed by atoms with E-state index in [2.05, 4.69) is 0 Å². The van der Waals surface area contributed by atoms with Crippen LogP contribution in [0.2, 0.25) is 0 Å². The number of hydrogen-bond acceptors (Lipinski definition) is 5. The van der Waals surface area contributed by atoms with Gasteiger partial charge in [-0.2, -0.15) is 0 Å². The maximum absolute atomic E-state index is 12.8. The summed E-state index contributed by atoms with van der Waals surface area (Å²) in [5, 5.41) is 11.1. The van der Waals surface area contributed by atoms with Crippen LogP contribution >= 0.6 is 0 Å². The van der Waals surface area contributed by atoms with Crippen molar-refractivity contribution in [2.75, 3.05) is 5.75 Å². The lowest BCUT2D eigenvalue weighted by molar-refractivity contribution is -0.138. The van der Waals surface area contributed by atoms with Crippen LogP contribution in [0.25, 0.3) is 0 Å². The molecule has 1 aromatic rings. The van der Waals surface area contributed by atoms with Gasteiger partial charge in [-0.1, -0.05) is 0 Å². The van der Waals surface area contributed by atoms with Crippen molar-refractivity contribution in [2.24, 2.45) is 0 Å². The molecule has 0 radical (unpaired) electrons. The van der Waals surface area contributed by atoms with Crippen molar-refractivity contribution in [3.05, 3.63) is 30.1 Å². The number of amides is 1. The monoisotopic (exact) mass is 347 g/mol. The third-order valence-corrected chi connectivity index (χ3v) is 4.31. The summed E-state index contributed by atoms with van der Waals surface area (Å²) in [4.78, 5) is 22.5. The number of carbonyl (C=O) groups is 2. The van der Waals surface area contributed by atoms with E-state index in [1.165, 1.54) is 0 Å². The summed E-state index contributed by atoms with van der Waals surface area (Å²) in [5.74, 6) is -3.03. The van der Waals surface area contributed by atoms with Crippen molar-refractivity contribution in [3.8, 4) is 0 Å². The Morgan fingerprint density at radius 3 is 2.22 bits per heavy atom. The van der Waals surface area contributed by atoms with Gasteiger partial charge in [0.1, 0.15) is 17.5 Å². The molecule has 1 rings (SSSR count). The van der Waals surface area contributed by atoms with Crippen LogP contribution in [0.1, 0.15) is 20.8 Å². The van der Waals surface area contributed by atoms with E-state index < -0.39 is 45.1 Å². The summed E-state index contributed by atoms with van der Waals surface area (Å²) in [6.45, 7) is 4.74. The van der Waals surface area contributed by atoms with Gasteiger partial charge >= 0.3 is 12.1 Å². The van der Waals surface area contributed by atoms with Gasteiger partial charge in [-0.15, -0.1) is 0 Å². The SMILES string of the molecule is CC(C)(C)OC(=O)NC(CS(=O)(=O)c1ccc(F)cc1)C(=O)O. The fraction of sp³-hybridized carbons (Fsp3) is 0.429. The predicted octanol–water partition coefficient (Wildman–Crippen LogP) is 1.58. The number of alkyl carbamates (subject to hydrolysis) is 1. The number of carboxylic acid groups (broad SMARTS) is 1. The molecule has 0 heterocycles. The number of benzene rings is 1. The number of hydrogen-bond donors (Lipinski definition) is 2. The van der Waals surface area contributed by atoms with Crippen LogP contribution in [0, 0.1) is 5.82 Å². The number of halogens is 1. The molecule has 0 spiro atoms. The van der Waals surface area contributed by atoms with Crippen molar-refractivity contribution in [3.63, 3.8) is 0 Å². The first-order chi connectivity index (χ1) is 10.4. The number of aliphatic carboxylic acids is 1. The van der Waals surface area contributed by atoms with E-state index in [4.69, 9.17) is 9.84 Å². The maximum atomic E-state index is 12.8. The number of carbonyl (C=O) groups excluding carboxylic acids is 1. The van der Waals surface area contributed by atoms with Gasteiger partial charge in [0.25, 0.3) is 0 Å². The van der Waals surface area contributed by atoms with Crippen LogP contribution in [-0.2, 0) is 19.4 Å². The molecule has 1 aromatic carbocycles. The van der Waals surface area contributed by atoms with Crippen molar-refractivity contribution < 1.29 is 32.2 Å². The normalized spacial score (nSPS) is 13.2. The average molecular weight is 347 g/mol. The quantitative estimate of drug-likeness (QED) is 0.783. The number of sulfone groups is 1. The molecule has 0 aliphatic heterocycles. The van der Waals surface area contributed by atoms with Gasteiger partial charge in [0.05, 0.1) is 10.6 Å². The van der Waals surface area contributed by atoms with E-state index in [1.807, 2.05) is 5.32 Å². The number of rotatable bonds is 5. The smallest absolute Gasteiger partial charge is 0.408 e. The second kappa shape index (κ2) is 6.95. The molecule has 0 saturated heterocycles. The third kappa shape index (κ3) is 6.23. The van der Waals surface area contributed by atoms with Crippen molar-refractivity contribution in [1.82, 2.24) is 5.32 Å². The standard InChI is InChI=1S/C14H18FNO6S/c1-14(2,3)22-13(19)16-11(12(17)18)8-23(20,21)10-6-4-9(15)5-7-10/h4-7,11H,8H2,1-3H3,(H,16,19)(H,17,18). The molecule has 0 aliphatic carbocycles. The van der Waals surface area contributed by atoms with Crippen molar-refractivity contribution in [2.45, 2.75) is 37.3 Å². The maximum Gasteiger partial charge on any atom is 0.408 e. The van der Waals surface area contributed by atoms with E-state index in [1.54, 1.807) is 20.8 Å². The van der Waals surface area contributed by atoms with Gasteiger partial charge < -0.3 is 15.2 Å². The minimum Gasteiger partial charge on any atom is -0.480 e. The van der Waals surface area contributed by atoms with E-state index in [9.17, 15) is 22.4 Å². The molecule has 0 saturated carbocycles. The Balaban J connectivity index is 2.89. The summed E-state index contributed by atoms with van der Waals surface area (Å²) in [6.07, 6.45) is -1.04. The van der Waals surface area contributed by atoms with Gasteiger partial charge in [-0.3, -0.25) is 0 Å². The zero-order valence-electron chi connectivity index (χ0n) is 12.9. The topological polar surface area (TPSA) is 110 Å². The zero-order valence-corrected chi connectivity index (χ0v) is 13.7. The highest BCUT2D eigenvalue weighted by atomic mass is 32.2. The Hall–Kier alpha value is -2.16. The van der Waals surface area contributed by atoms with Gasteiger partial charge in [0, 0.05) is 0 Å². The summed E-state index contributed by atoms with van der Waals surface area (Å²) < 4.78 is 42.0. The summed E-state index contributed by atoms with van der Waals surface area (Å²) in [6, 6.07) is 2.25. The molecule has 0 bridgehead atoms. The van der Waals surface area contributed by atoms with Crippen LogP contribution in [0.3, 0.4) is 0 Å². The molecule has 1 unspecified atom stereocenters. The molecule has 2 N–H and O–H groups in total.